The van der Waals surface area contributed by atoms with Crippen molar-refractivity contribution in [1.82, 2.24) is 19.7 Å². The summed E-state index contributed by atoms with van der Waals surface area (Å²) in [6.45, 7) is 5.35. The maximum Gasteiger partial charge on any atom is 0.266 e. The Morgan fingerprint density at radius 1 is 1.13 bits per heavy atom. The third-order valence-corrected chi connectivity index (χ3v) is 6.01. The van der Waals surface area contributed by atoms with Gasteiger partial charge >= 0.3 is 0 Å². The number of anilines is 3. The van der Waals surface area contributed by atoms with Gasteiger partial charge in [-0.2, -0.15) is 5.10 Å². The molecule has 9 nitrogen and oxygen atoms in total. The van der Waals surface area contributed by atoms with E-state index in [1.54, 1.807) is 61.3 Å². The van der Waals surface area contributed by atoms with Crippen molar-refractivity contribution in [2.24, 2.45) is 0 Å². The number of nitrogens with one attached hydrogen (secondary N) is 2. The number of hydrogen-bond acceptors (Lipinski definition) is 7. The van der Waals surface area contributed by atoms with Crippen molar-refractivity contribution in [2.75, 3.05) is 16.4 Å². The number of amides is 2. The Balaban J connectivity index is 1.52. The molecule has 10 heteroatoms. The Labute approximate surface area is 182 Å². The van der Waals surface area contributed by atoms with E-state index in [1.165, 1.54) is 11.3 Å². The molecular weight excluding hydrogens is 414 g/mol. The van der Waals surface area contributed by atoms with Gasteiger partial charge < -0.3 is 16.4 Å². The molecule has 4 rings (SSSR count). The van der Waals surface area contributed by atoms with Crippen molar-refractivity contribution in [3.05, 3.63) is 59.0 Å². The fraction of sp³-hybridized carbons (Fsp3) is 0.190. The zero-order valence-corrected chi connectivity index (χ0v) is 18.0. The van der Waals surface area contributed by atoms with E-state index < -0.39 is 6.04 Å². The van der Waals surface area contributed by atoms with Crippen LogP contribution in [0.15, 0.2) is 42.7 Å². The van der Waals surface area contributed by atoms with Crippen molar-refractivity contribution in [2.45, 2.75) is 26.8 Å². The molecule has 0 saturated carbocycles. The van der Waals surface area contributed by atoms with Crippen molar-refractivity contribution in [3.8, 4) is 0 Å². The summed E-state index contributed by atoms with van der Waals surface area (Å²) in [6, 6.07) is 8.26. The van der Waals surface area contributed by atoms with Crippen LogP contribution in [-0.4, -0.2) is 31.6 Å². The largest absolute Gasteiger partial charge is 0.383 e. The Morgan fingerprint density at radius 2 is 1.87 bits per heavy atom. The smallest absolute Gasteiger partial charge is 0.266 e. The van der Waals surface area contributed by atoms with Crippen LogP contribution >= 0.6 is 11.3 Å². The van der Waals surface area contributed by atoms with Crippen molar-refractivity contribution in [1.29, 1.82) is 0 Å². The number of hydrogen-bond donors (Lipinski definition) is 3. The molecule has 0 bridgehead atoms. The minimum absolute atomic E-state index is 0.211. The predicted molar refractivity (Wildman–Crippen MR) is 121 cm³/mol. The van der Waals surface area contributed by atoms with Gasteiger partial charge in [-0.1, -0.05) is 6.07 Å². The molecule has 0 aliphatic carbocycles. The SMILES string of the molecule is Cc1nc(N)c2c(C)c(C(=O)Nc3cccc(NC(=O)C(C)n4cccn4)c3)sc2n1. The zero-order chi connectivity index (χ0) is 22.1. The van der Waals surface area contributed by atoms with Crippen LogP contribution in [0.5, 0.6) is 0 Å². The molecule has 0 saturated heterocycles. The molecule has 3 heterocycles. The number of carbonyl (C=O) groups excluding carboxylic acids is 2. The average molecular weight is 436 g/mol. The van der Waals surface area contributed by atoms with Crippen molar-refractivity contribution >= 4 is 50.6 Å². The van der Waals surface area contributed by atoms with Crippen molar-refractivity contribution in [3.63, 3.8) is 0 Å². The topological polar surface area (TPSA) is 128 Å². The molecule has 3 aromatic heterocycles. The van der Waals surface area contributed by atoms with Gasteiger partial charge in [0.15, 0.2) is 0 Å². The molecule has 2 amide bonds. The number of aromatic nitrogens is 4. The number of fused-ring (bicyclic) bond motifs is 1. The first-order valence-electron chi connectivity index (χ1n) is 9.58. The van der Waals surface area contributed by atoms with Crippen LogP contribution in [0.2, 0.25) is 0 Å². The number of nitrogens with zero attached hydrogens (tertiary/aromatic N) is 4. The van der Waals surface area contributed by atoms with Crippen molar-refractivity contribution < 1.29 is 9.59 Å². The lowest BCUT2D eigenvalue weighted by Crippen LogP contribution is -2.24. The summed E-state index contributed by atoms with van der Waals surface area (Å²) in [7, 11) is 0. The van der Waals surface area contributed by atoms with E-state index in [0.29, 0.717) is 38.1 Å². The van der Waals surface area contributed by atoms with Gasteiger partial charge in [-0.25, -0.2) is 9.97 Å². The zero-order valence-electron chi connectivity index (χ0n) is 17.2. The van der Waals surface area contributed by atoms with Crippen LogP contribution in [0.3, 0.4) is 0 Å². The number of aryl methyl sites for hydroxylation is 2. The van der Waals surface area contributed by atoms with Gasteiger partial charge in [0.2, 0.25) is 5.91 Å². The summed E-state index contributed by atoms with van der Waals surface area (Å²) in [5.74, 6) is 0.445. The number of rotatable bonds is 5. The highest BCUT2D eigenvalue weighted by Gasteiger charge is 2.20. The lowest BCUT2D eigenvalue weighted by Gasteiger charge is -2.13. The maximum atomic E-state index is 12.9. The number of nitrogens with two attached hydrogens (primary N) is 1. The fourth-order valence-electron chi connectivity index (χ4n) is 3.24. The lowest BCUT2D eigenvalue weighted by molar-refractivity contribution is -0.119. The second kappa shape index (κ2) is 8.15. The molecule has 0 aliphatic heterocycles. The van der Waals surface area contributed by atoms with Gasteiger partial charge in [0.05, 0.1) is 10.3 Å². The van der Waals surface area contributed by atoms with Crippen LogP contribution in [-0.2, 0) is 4.79 Å². The number of carbonyl (C=O) groups is 2. The minimum Gasteiger partial charge on any atom is -0.383 e. The lowest BCUT2D eigenvalue weighted by atomic mass is 10.2. The summed E-state index contributed by atoms with van der Waals surface area (Å²) >= 11 is 1.27. The van der Waals surface area contributed by atoms with Gasteiger partial charge in [0, 0.05) is 23.8 Å². The third kappa shape index (κ3) is 4.10. The summed E-state index contributed by atoms with van der Waals surface area (Å²) in [6.07, 6.45) is 3.35. The Morgan fingerprint density at radius 3 is 2.58 bits per heavy atom. The normalized spacial score (nSPS) is 12.0. The first-order valence-corrected chi connectivity index (χ1v) is 10.4. The highest BCUT2D eigenvalue weighted by atomic mass is 32.1. The molecule has 4 aromatic rings. The molecule has 0 spiro atoms. The van der Waals surface area contributed by atoms with Gasteiger partial charge in [-0.3, -0.25) is 14.3 Å². The van der Waals surface area contributed by atoms with E-state index in [2.05, 4.69) is 25.7 Å². The molecule has 158 valence electrons. The van der Waals surface area contributed by atoms with E-state index in [9.17, 15) is 9.59 Å². The van der Waals surface area contributed by atoms with E-state index in [0.717, 1.165) is 5.56 Å². The van der Waals surface area contributed by atoms with E-state index in [1.807, 2.05) is 6.92 Å². The molecule has 0 radical (unpaired) electrons. The quantitative estimate of drug-likeness (QED) is 0.440. The predicted octanol–water partition coefficient (Wildman–Crippen LogP) is 3.54. The summed E-state index contributed by atoms with van der Waals surface area (Å²) in [5, 5.41) is 10.5. The van der Waals surface area contributed by atoms with Crippen LogP contribution in [0.4, 0.5) is 17.2 Å². The fourth-order valence-corrected chi connectivity index (χ4v) is 4.37. The van der Waals surface area contributed by atoms with E-state index in [4.69, 9.17) is 5.73 Å². The second-order valence-corrected chi connectivity index (χ2v) is 8.08. The Hall–Kier alpha value is -3.79. The first-order chi connectivity index (χ1) is 14.8. The summed E-state index contributed by atoms with van der Waals surface area (Å²) < 4.78 is 1.57. The van der Waals surface area contributed by atoms with Crippen LogP contribution in [0.25, 0.3) is 10.2 Å². The molecule has 1 atom stereocenters. The monoisotopic (exact) mass is 435 g/mol. The summed E-state index contributed by atoms with van der Waals surface area (Å²) in [5.41, 5.74) is 7.90. The molecule has 31 heavy (non-hydrogen) atoms. The highest BCUT2D eigenvalue weighted by Crippen LogP contribution is 2.33. The molecule has 0 fully saturated rings. The molecular formula is C21H21N7O2S. The molecule has 1 unspecified atom stereocenters. The second-order valence-electron chi connectivity index (χ2n) is 7.08. The average Bonchev–Trinajstić information content (AvgIpc) is 3.36. The van der Waals surface area contributed by atoms with Gasteiger partial charge in [-0.05, 0) is 50.6 Å². The first kappa shape index (κ1) is 20.5. The van der Waals surface area contributed by atoms with Crippen LogP contribution < -0.4 is 16.4 Å². The molecule has 4 N–H and O–H groups in total. The highest BCUT2D eigenvalue weighted by molar-refractivity contribution is 7.20. The van der Waals surface area contributed by atoms with Gasteiger partial charge in [0.1, 0.15) is 22.5 Å². The van der Waals surface area contributed by atoms with E-state index in [-0.39, 0.29) is 11.8 Å². The van der Waals surface area contributed by atoms with E-state index >= 15 is 0 Å². The van der Waals surface area contributed by atoms with Crippen LogP contribution in [0, 0.1) is 13.8 Å². The third-order valence-electron chi connectivity index (χ3n) is 4.83. The maximum absolute atomic E-state index is 12.9. The van der Waals surface area contributed by atoms with Gasteiger partial charge in [-0.15, -0.1) is 11.3 Å². The number of nitrogen functional groups attached to an aromatic ring is 1. The van der Waals surface area contributed by atoms with Gasteiger partial charge in [0.25, 0.3) is 5.91 Å². The minimum atomic E-state index is -0.468. The Kier molecular flexibility index (Phi) is 5.38. The molecule has 0 aliphatic rings. The molecule has 1 aromatic carbocycles. The Bertz CT molecular complexity index is 1280. The van der Waals surface area contributed by atoms with Crippen LogP contribution in [0.1, 0.15) is 34.0 Å². The standard InChI is InChI=1S/C21H21N7O2S/c1-11-16-18(22)24-13(3)25-21(16)31-17(11)20(30)27-15-7-4-6-14(10-15)26-19(29)12(2)28-9-5-8-23-28/h4-10,12H,1-3H3,(H,26,29)(H,27,30)(H2,22,24,25). The number of thiophene rings is 1. The summed E-state index contributed by atoms with van der Waals surface area (Å²) in [4.78, 5) is 35.2. The number of benzene rings is 1.